The Morgan fingerprint density at radius 3 is 2.65 bits per heavy atom. The first kappa shape index (κ1) is 17.2. The third kappa shape index (κ3) is 3.25. The van der Waals surface area contributed by atoms with Gasteiger partial charge in [-0.05, 0) is 36.6 Å². The van der Waals surface area contributed by atoms with Gasteiger partial charge < -0.3 is 5.32 Å². The van der Waals surface area contributed by atoms with Crippen molar-refractivity contribution >= 4 is 35.7 Å². The summed E-state index contributed by atoms with van der Waals surface area (Å²) in [7, 11) is 0. The van der Waals surface area contributed by atoms with E-state index in [1.54, 1.807) is 5.56 Å². The lowest BCUT2D eigenvalue weighted by Gasteiger charge is -2.14. The highest BCUT2D eigenvalue weighted by atomic mass is 35.5. The lowest BCUT2D eigenvalue weighted by atomic mass is 9.94. The van der Waals surface area contributed by atoms with E-state index in [1.807, 2.05) is 0 Å². The summed E-state index contributed by atoms with van der Waals surface area (Å²) < 4.78 is 0. The van der Waals surface area contributed by atoms with Crippen LogP contribution in [0.25, 0.3) is 10.9 Å². The van der Waals surface area contributed by atoms with Gasteiger partial charge in [0.25, 0.3) is 0 Å². The Hall–Kier alpha value is -0.830. The second-order valence-electron chi connectivity index (χ2n) is 5.03. The van der Waals surface area contributed by atoms with Crippen LogP contribution in [0.15, 0.2) is 24.3 Å². The topological polar surface area (TPSA) is 24.9 Å². The van der Waals surface area contributed by atoms with Crippen LogP contribution in [0, 0.1) is 0 Å². The molecule has 0 bridgehead atoms. The number of benzene rings is 1. The molecule has 2 aromatic rings. The van der Waals surface area contributed by atoms with Crippen LogP contribution in [0.2, 0.25) is 0 Å². The predicted molar refractivity (Wildman–Crippen MR) is 90.5 cm³/mol. The van der Waals surface area contributed by atoms with Crippen LogP contribution in [0.1, 0.15) is 30.2 Å². The van der Waals surface area contributed by atoms with Gasteiger partial charge in [-0.2, -0.15) is 0 Å². The molecule has 2 nitrogen and oxygen atoms in total. The quantitative estimate of drug-likeness (QED) is 0.914. The number of halogens is 2. The Morgan fingerprint density at radius 2 is 1.85 bits per heavy atom. The molecule has 1 aromatic carbocycles. The monoisotopic (exact) mass is 312 g/mol. The molecule has 1 aromatic heterocycles. The van der Waals surface area contributed by atoms with Gasteiger partial charge >= 0.3 is 0 Å². The largest absolute Gasteiger partial charge is 0.316 e. The third-order valence-electron chi connectivity index (χ3n) is 3.79. The smallest absolute Gasteiger partial charge is 0.0708 e. The van der Waals surface area contributed by atoms with Crippen LogP contribution in [-0.2, 0) is 19.3 Å². The number of aromatic nitrogens is 1. The molecule has 0 spiro atoms. The van der Waals surface area contributed by atoms with E-state index in [4.69, 9.17) is 4.98 Å². The number of para-hydroxylation sites is 1. The minimum atomic E-state index is 0. The lowest BCUT2D eigenvalue weighted by Crippen LogP contribution is -2.16. The molecule has 0 aliphatic carbocycles. The number of nitrogens with one attached hydrogen (secondary N) is 1. The van der Waals surface area contributed by atoms with Crippen LogP contribution < -0.4 is 5.32 Å². The van der Waals surface area contributed by atoms with Gasteiger partial charge in [-0.3, -0.25) is 4.98 Å². The van der Waals surface area contributed by atoms with Crippen molar-refractivity contribution in [2.45, 2.75) is 32.6 Å². The zero-order valence-electron chi connectivity index (χ0n) is 11.8. The molecule has 0 saturated carbocycles. The van der Waals surface area contributed by atoms with Crippen LogP contribution in [-0.4, -0.2) is 18.1 Å². The van der Waals surface area contributed by atoms with E-state index in [0.29, 0.717) is 0 Å². The number of nitrogens with zero attached hydrogens (tertiary/aromatic N) is 1. The predicted octanol–water partition coefficient (Wildman–Crippen LogP) is 3.72. The minimum Gasteiger partial charge on any atom is -0.316 e. The summed E-state index contributed by atoms with van der Waals surface area (Å²) in [5.74, 6) is 0. The molecule has 0 atom stereocenters. The second kappa shape index (κ2) is 7.82. The SMILES string of the molecule is CCCc1c2c(nc3ccccc13)CCNCC2.Cl.Cl. The Kier molecular flexibility index (Phi) is 6.74. The summed E-state index contributed by atoms with van der Waals surface area (Å²) in [4.78, 5) is 4.88. The van der Waals surface area contributed by atoms with Crippen molar-refractivity contribution in [3.63, 3.8) is 0 Å². The van der Waals surface area contributed by atoms with E-state index in [9.17, 15) is 0 Å². The Balaban J connectivity index is 0.000001000. The first-order valence-electron chi connectivity index (χ1n) is 7.00. The van der Waals surface area contributed by atoms with Crippen LogP contribution in [0.4, 0.5) is 0 Å². The van der Waals surface area contributed by atoms with Gasteiger partial charge in [0, 0.05) is 24.0 Å². The molecule has 0 radical (unpaired) electrons. The number of pyridine rings is 1. The number of hydrogen-bond acceptors (Lipinski definition) is 2. The number of hydrogen-bond donors (Lipinski definition) is 1. The third-order valence-corrected chi connectivity index (χ3v) is 3.79. The van der Waals surface area contributed by atoms with Crippen LogP contribution >= 0.6 is 24.8 Å². The fourth-order valence-electron chi connectivity index (χ4n) is 2.96. The molecule has 0 unspecified atom stereocenters. The maximum absolute atomic E-state index is 4.88. The van der Waals surface area contributed by atoms with Gasteiger partial charge in [-0.15, -0.1) is 24.8 Å². The fraction of sp³-hybridized carbons (Fsp3) is 0.438. The Labute approximate surface area is 133 Å². The number of aryl methyl sites for hydroxylation is 1. The fourth-order valence-corrected chi connectivity index (χ4v) is 2.96. The average molecular weight is 313 g/mol. The molecule has 20 heavy (non-hydrogen) atoms. The molecular weight excluding hydrogens is 291 g/mol. The second-order valence-corrected chi connectivity index (χ2v) is 5.03. The van der Waals surface area contributed by atoms with Crippen LogP contribution in [0.5, 0.6) is 0 Å². The normalized spacial score (nSPS) is 13.8. The summed E-state index contributed by atoms with van der Waals surface area (Å²) in [5, 5.41) is 4.84. The zero-order valence-corrected chi connectivity index (χ0v) is 13.4. The van der Waals surface area contributed by atoms with Gasteiger partial charge in [0.15, 0.2) is 0 Å². The Bertz CT molecular complexity index is 570. The van der Waals surface area contributed by atoms with Crippen molar-refractivity contribution in [1.82, 2.24) is 10.3 Å². The standard InChI is InChI=1S/C16H20N2.2ClH/c1-2-5-12-13-6-3-4-7-15(13)18-16-9-11-17-10-8-14(12)16;;/h3-4,6-7,17H,2,5,8-11H2,1H3;2*1H. The molecule has 3 rings (SSSR count). The van der Waals surface area contributed by atoms with E-state index < -0.39 is 0 Å². The first-order valence-corrected chi connectivity index (χ1v) is 7.00. The molecule has 4 heteroatoms. The van der Waals surface area contributed by atoms with Crippen molar-refractivity contribution in [2.24, 2.45) is 0 Å². The van der Waals surface area contributed by atoms with Gasteiger partial charge in [0.2, 0.25) is 0 Å². The van der Waals surface area contributed by atoms with E-state index >= 15 is 0 Å². The molecule has 110 valence electrons. The maximum atomic E-state index is 4.88. The van der Waals surface area contributed by atoms with Gasteiger partial charge in [-0.25, -0.2) is 0 Å². The van der Waals surface area contributed by atoms with Crippen molar-refractivity contribution < 1.29 is 0 Å². The highest BCUT2D eigenvalue weighted by Gasteiger charge is 2.15. The molecule has 0 fully saturated rings. The van der Waals surface area contributed by atoms with Crippen molar-refractivity contribution in [3.05, 3.63) is 41.1 Å². The highest BCUT2D eigenvalue weighted by Crippen LogP contribution is 2.26. The van der Waals surface area contributed by atoms with Crippen LogP contribution in [0.3, 0.4) is 0 Å². The summed E-state index contributed by atoms with van der Waals surface area (Å²) in [6.07, 6.45) is 4.57. The minimum absolute atomic E-state index is 0. The van der Waals surface area contributed by atoms with Crippen molar-refractivity contribution in [3.8, 4) is 0 Å². The highest BCUT2D eigenvalue weighted by molar-refractivity contribution is 5.85. The summed E-state index contributed by atoms with van der Waals surface area (Å²) in [5.41, 5.74) is 5.55. The number of rotatable bonds is 2. The van der Waals surface area contributed by atoms with Crippen molar-refractivity contribution in [1.29, 1.82) is 0 Å². The molecule has 1 aliphatic rings. The van der Waals surface area contributed by atoms with Gasteiger partial charge in [0.1, 0.15) is 0 Å². The maximum Gasteiger partial charge on any atom is 0.0708 e. The molecule has 0 saturated heterocycles. The molecule has 2 heterocycles. The van der Waals surface area contributed by atoms with E-state index in [1.165, 1.54) is 35.0 Å². The summed E-state index contributed by atoms with van der Waals surface area (Å²) in [6.45, 7) is 4.41. The van der Waals surface area contributed by atoms with E-state index in [2.05, 4.69) is 36.5 Å². The summed E-state index contributed by atoms with van der Waals surface area (Å²) in [6, 6.07) is 8.59. The lowest BCUT2D eigenvalue weighted by molar-refractivity contribution is 0.707. The molecule has 0 amide bonds. The first-order chi connectivity index (χ1) is 8.90. The molecular formula is C16H22Cl2N2. The Morgan fingerprint density at radius 1 is 1.10 bits per heavy atom. The average Bonchev–Trinajstić information content (AvgIpc) is 2.64. The zero-order chi connectivity index (χ0) is 12.4. The van der Waals surface area contributed by atoms with E-state index in [0.717, 1.165) is 25.9 Å². The molecule has 1 aliphatic heterocycles. The van der Waals surface area contributed by atoms with Gasteiger partial charge in [0.05, 0.1) is 5.52 Å². The van der Waals surface area contributed by atoms with E-state index in [-0.39, 0.29) is 24.8 Å². The number of fused-ring (bicyclic) bond motifs is 2. The van der Waals surface area contributed by atoms with Crippen molar-refractivity contribution in [2.75, 3.05) is 13.1 Å². The molecule has 1 N–H and O–H groups in total. The summed E-state index contributed by atoms with van der Waals surface area (Å²) >= 11 is 0. The van der Waals surface area contributed by atoms with Gasteiger partial charge in [-0.1, -0.05) is 31.5 Å².